The van der Waals surface area contributed by atoms with E-state index in [1.165, 1.54) is 11.3 Å². The summed E-state index contributed by atoms with van der Waals surface area (Å²) in [4.78, 5) is 21.4. The predicted molar refractivity (Wildman–Crippen MR) is 78.6 cm³/mol. The maximum absolute atomic E-state index is 12.2. The number of pyridine rings is 1. The van der Waals surface area contributed by atoms with Crippen molar-refractivity contribution in [1.82, 2.24) is 30.1 Å². The van der Waals surface area contributed by atoms with Crippen LogP contribution in [-0.2, 0) is 6.54 Å². The van der Waals surface area contributed by atoms with Gasteiger partial charge in [-0.3, -0.25) is 4.79 Å². The summed E-state index contributed by atoms with van der Waals surface area (Å²) in [5.41, 5.74) is 1.14. The predicted octanol–water partition coefficient (Wildman–Crippen LogP) is 1.57. The van der Waals surface area contributed by atoms with Crippen molar-refractivity contribution in [2.75, 3.05) is 0 Å². The number of rotatable bonds is 3. The van der Waals surface area contributed by atoms with Gasteiger partial charge >= 0.3 is 0 Å². The summed E-state index contributed by atoms with van der Waals surface area (Å²) in [6.45, 7) is 2.21. The third-order valence-corrected chi connectivity index (χ3v) is 3.92. The monoisotopic (exact) mass is 314 g/mol. The Labute approximate surface area is 127 Å². The third kappa shape index (κ3) is 2.11. The molecule has 0 saturated heterocycles. The molecule has 0 saturated carbocycles. The number of carbonyl (C=O) groups is 1. The highest BCUT2D eigenvalue weighted by molar-refractivity contribution is 7.16. The zero-order chi connectivity index (χ0) is 15.1. The maximum Gasteiger partial charge on any atom is 0.290 e. The van der Waals surface area contributed by atoms with Crippen LogP contribution in [0.25, 0.3) is 16.0 Å². The minimum Gasteiger partial charge on any atom is -0.348 e. The number of aromatic nitrogens is 5. The fraction of sp³-hybridized carbons (Fsp3) is 0.154. The largest absolute Gasteiger partial charge is 0.348 e. The van der Waals surface area contributed by atoms with E-state index in [-0.39, 0.29) is 18.2 Å². The molecule has 0 unspecified atom stereocenters. The van der Waals surface area contributed by atoms with Crippen LogP contribution in [0.4, 0.5) is 0 Å². The van der Waals surface area contributed by atoms with E-state index in [4.69, 9.17) is 4.52 Å². The number of aryl methyl sites for hydroxylation is 1. The van der Waals surface area contributed by atoms with Gasteiger partial charge in [-0.25, -0.2) is 14.5 Å². The Hall–Kier alpha value is -2.81. The molecule has 0 aliphatic carbocycles. The number of amides is 1. The zero-order valence-corrected chi connectivity index (χ0v) is 12.3. The molecular weight excluding hydrogens is 304 g/mol. The van der Waals surface area contributed by atoms with Crippen LogP contribution in [0, 0.1) is 6.92 Å². The van der Waals surface area contributed by atoms with Crippen LogP contribution in [0.5, 0.6) is 0 Å². The fourth-order valence-corrected chi connectivity index (χ4v) is 2.87. The van der Waals surface area contributed by atoms with Crippen LogP contribution in [0.3, 0.4) is 0 Å². The van der Waals surface area contributed by atoms with Crippen LogP contribution in [0.2, 0.25) is 0 Å². The van der Waals surface area contributed by atoms with Gasteiger partial charge < -0.3 is 9.84 Å². The average Bonchev–Trinajstić information content (AvgIpc) is 3.16. The zero-order valence-electron chi connectivity index (χ0n) is 11.5. The number of imidazole rings is 1. The Bertz CT molecular complexity index is 953. The first-order chi connectivity index (χ1) is 10.7. The first kappa shape index (κ1) is 12.9. The molecular formula is C13H10N6O2S. The van der Waals surface area contributed by atoms with Crippen LogP contribution in [0.1, 0.15) is 21.3 Å². The van der Waals surface area contributed by atoms with E-state index in [9.17, 15) is 4.79 Å². The number of nitrogens with zero attached hydrogens (tertiary/aromatic N) is 5. The summed E-state index contributed by atoms with van der Waals surface area (Å²) in [5.74, 6) is -0.200. The summed E-state index contributed by atoms with van der Waals surface area (Å²) in [7, 11) is 0. The number of hydrogen-bond acceptors (Lipinski definition) is 7. The maximum atomic E-state index is 12.2. The highest BCUT2D eigenvalue weighted by Gasteiger charge is 2.17. The van der Waals surface area contributed by atoms with Crippen molar-refractivity contribution in [1.29, 1.82) is 0 Å². The molecule has 0 aliphatic heterocycles. The second kappa shape index (κ2) is 4.88. The van der Waals surface area contributed by atoms with Gasteiger partial charge in [-0.2, -0.15) is 5.10 Å². The van der Waals surface area contributed by atoms with Gasteiger partial charge in [-0.05, 0) is 19.1 Å². The molecule has 0 bridgehead atoms. The molecule has 0 aromatic carbocycles. The van der Waals surface area contributed by atoms with Crippen molar-refractivity contribution in [2.45, 2.75) is 13.5 Å². The van der Waals surface area contributed by atoms with E-state index in [1.54, 1.807) is 29.0 Å². The van der Waals surface area contributed by atoms with Crippen LogP contribution < -0.4 is 5.32 Å². The quantitative estimate of drug-likeness (QED) is 0.616. The van der Waals surface area contributed by atoms with Crippen molar-refractivity contribution in [3.8, 4) is 0 Å². The molecule has 4 rings (SSSR count). The van der Waals surface area contributed by atoms with Gasteiger partial charge in [0.1, 0.15) is 5.01 Å². The van der Waals surface area contributed by atoms with Gasteiger partial charge in [0.25, 0.3) is 5.91 Å². The fourth-order valence-electron chi connectivity index (χ4n) is 2.13. The lowest BCUT2D eigenvalue weighted by atomic mass is 10.2. The number of fused-ring (bicyclic) bond motifs is 2. The summed E-state index contributed by atoms with van der Waals surface area (Å²) in [6.07, 6.45) is 3.39. The molecule has 4 aromatic heterocycles. The molecule has 9 heteroatoms. The van der Waals surface area contributed by atoms with E-state index in [0.717, 1.165) is 15.7 Å². The molecule has 110 valence electrons. The van der Waals surface area contributed by atoms with Gasteiger partial charge in [-0.15, -0.1) is 0 Å². The van der Waals surface area contributed by atoms with Crippen LogP contribution in [-0.4, -0.2) is 30.6 Å². The first-order valence-corrected chi connectivity index (χ1v) is 7.32. The molecule has 0 fully saturated rings. The van der Waals surface area contributed by atoms with Gasteiger partial charge in [0, 0.05) is 6.20 Å². The minimum atomic E-state index is -0.351. The van der Waals surface area contributed by atoms with Crippen molar-refractivity contribution in [2.24, 2.45) is 0 Å². The van der Waals surface area contributed by atoms with Crippen molar-refractivity contribution in [3.05, 3.63) is 41.0 Å². The first-order valence-electron chi connectivity index (χ1n) is 6.51. The Morgan fingerprint density at radius 1 is 1.50 bits per heavy atom. The van der Waals surface area contributed by atoms with Crippen molar-refractivity contribution in [3.63, 3.8) is 0 Å². The third-order valence-electron chi connectivity index (χ3n) is 3.09. The van der Waals surface area contributed by atoms with Crippen molar-refractivity contribution < 1.29 is 9.32 Å². The number of nitrogens with one attached hydrogen (secondary N) is 1. The molecule has 1 N–H and O–H groups in total. The standard InChI is InChI=1S/C13H10N6O2S/c1-7-17-19-6-8(16-13(19)22-7)5-15-12(20)10-9-3-2-4-14-11(9)18-21-10/h2-4,6H,5H2,1H3,(H,15,20). The van der Waals surface area contributed by atoms with Gasteiger partial charge in [0.15, 0.2) is 0 Å². The van der Waals surface area contributed by atoms with Crippen molar-refractivity contribution >= 4 is 33.2 Å². The lowest BCUT2D eigenvalue weighted by Gasteiger charge is -1.99. The summed E-state index contributed by atoms with van der Waals surface area (Å²) in [6, 6.07) is 3.47. The molecule has 8 nitrogen and oxygen atoms in total. The Balaban J connectivity index is 1.53. The highest BCUT2D eigenvalue weighted by atomic mass is 32.1. The molecule has 22 heavy (non-hydrogen) atoms. The smallest absolute Gasteiger partial charge is 0.290 e. The minimum absolute atomic E-state index is 0.151. The van der Waals surface area contributed by atoms with E-state index >= 15 is 0 Å². The Morgan fingerprint density at radius 3 is 3.27 bits per heavy atom. The van der Waals surface area contributed by atoms with Gasteiger partial charge in [-0.1, -0.05) is 16.5 Å². The Morgan fingerprint density at radius 2 is 2.41 bits per heavy atom. The summed E-state index contributed by atoms with van der Waals surface area (Å²) >= 11 is 1.50. The molecule has 4 aromatic rings. The van der Waals surface area contributed by atoms with Crippen LogP contribution in [0.15, 0.2) is 29.0 Å². The topological polar surface area (TPSA) is 98.2 Å². The number of carbonyl (C=O) groups excluding carboxylic acids is 1. The number of hydrogen-bond donors (Lipinski definition) is 1. The highest BCUT2D eigenvalue weighted by Crippen LogP contribution is 2.16. The second-order valence-corrected chi connectivity index (χ2v) is 5.81. The summed E-state index contributed by atoms with van der Waals surface area (Å²) < 4.78 is 6.77. The molecule has 4 heterocycles. The van der Waals surface area contributed by atoms with E-state index in [1.807, 2.05) is 6.92 Å². The average molecular weight is 314 g/mol. The summed E-state index contributed by atoms with van der Waals surface area (Å²) in [5, 5.41) is 12.3. The molecule has 0 spiro atoms. The lowest BCUT2D eigenvalue weighted by Crippen LogP contribution is -2.22. The SMILES string of the molecule is Cc1nn2cc(CNC(=O)c3onc4ncccc34)nc2s1. The molecule has 0 aliphatic rings. The molecule has 0 radical (unpaired) electrons. The van der Waals surface area contributed by atoms with Gasteiger partial charge in [0.05, 0.1) is 23.8 Å². The van der Waals surface area contributed by atoms with Gasteiger partial charge in [0.2, 0.25) is 16.4 Å². The van der Waals surface area contributed by atoms with E-state index < -0.39 is 0 Å². The van der Waals surface area contributed by atoms with E-state index in [0.29, 0.717) is 11.0 Å². The lowest BCUT2D eigenvalue weighted by molar-refractivity contribution is 0.0916. The van der Waals surface area contributed by atoms with E-state index in [2.05, 4.69) is 25.5 Å². The normalized spacial score (nSPS) is 11.3. The molecule has 0 atom stereocenters. The second-order valence-electron chi connectivity index (χ2n) is 4.65. The van der Waals surface area contributed by atoms with Crippen LogP contribution >= 0.6 is 11.3 Å². The molecule has 1 amide bonds. The Kier molecular flexibility index (Phi) is 2.86.